The summed E-state index contributed by atoms with van der Waals surface area (Å²) in [6, 6.07) is 11.6. The van der Waals surface area contributed by atoms with Gasteiger partial charge in [-0.1, -0.05) is 17.7 Å². The van der Waals surface area contributed by atoms with Crippen molar-refractivity contribution in [1.29, 1.82) is 0 Å². The van der Waals surface area contributed by atoms with Gasteiger partial charge in [-0.3, -0.25) is 9.36 Å². The second-order valence-electron chi connectivity index (χ2n) is 4.45. The van der Waals surface area contributed by atoms with Gasteiger partial charge in [0, 0.05) is 0 Å². The zero-order valence-corrected chi connectivity index (χ0v) is 11.4. The van der Waals surface area contributed by atoms with Crippen LogP contribution in [0.5, 0.6) is 5.75 Å². The molecule has 1 N–H and O–H groups in total. The van der Waals surface area contributed by atoms with Gasteiger partial charge in [0.2, 0.25) is 0 Å². The van der Waals surface area contributed by atoms with Gasteiger partial charge in [-0.2, -0.15) is 0 Å². The lowest BCUT2D eigenvalue weighted by atomic mass is 10.2. The van der Waals surface area contributed by atoms with E-state index in [2.05, 4.69) is 4.98 Å². The lowest BCUT2D eigenvalue weighted by Crippen LogP contribution is -2.22. The fourth-order valence-corrected chi connectivity index (χ4v) is 2.46. The maximum Gasteiger partial charge on any atom is 0.267 e. The molecule has 0 spiro atoms. The van der Waals surface area contributed by atoms with Crippen LogP contribution in [-0.4, -0.2) is 14.7 Å². The average Bonchev–Trinajstić information content (AvgIpc) is 2.40. The van der Waals surface area contributed by atoms with Crippen LogP contribution in [0, 0.1) is 6.92 Å². The Hall–Kier alpha value is -2.33. The van der Waals surface area contributed by atoms with Gasteiger partial charge < -0.3 is 5.11 Å². The van der Waals surface area contributed by atoms with Crippen molar-refractivity contribution in [2.45, 2.75) is 6.92 Å². The highest BCUT2D eigenvalue weighted by Crippen LogP contribution is 2.20. The molecule has 0 radical (unpaired) electrons. The van der Waals surface area contributed by atoms with Crippen molar-refractivity contribution < 1.29 is 5.11 Å². The molecule has 0 fully saturated rings. The summed E-state index contributed by atoms with van der Waals surface area (Å²) in [5, 5.41) is 10.1. The Morgan fingerprint density at radius 2 is 1.85 bits per heavy atom. The topological polar surface area (TPSA) is 55.1 Å². The minimum atomic E-state index is -0.219. The third-order valence-electron chi connectivity index (χ3n) is 3.12. The van der Waals surface area contributed by atoms with E-state index in [9.17, 15) is 9.90 Å². The van der Waals surface area contributed by atoms with Crippen LogP contribution in [0.15, 0.2) is 47.3 Å². The first-order valence-electron chi connectivity index (χ1n) is 6.05. The Labute approximate surface area is 119 Å². The second kappa shape index (κ2) is 4.65. The standard InChI is InChI=1S/C15H11ClN2O2/c1-9-17-13-4-2-3-12(16)14(13)15(20)18(9)10-5-7-11(19)8-6-10/h2-8,19H,1H3. The van der Waals surface area contributed by atoms with E-state index in [1.54, 1.807) is 37.3 Å². The molecule has 0 unspecified atom stereocenters. The molecule has 0 amide bonds. The van der Waals surface area contributed by atoms with Gasteiger partial charge in [-0.25, -0.2) is 4.98 Å². The van der Waals surface area contributed by atoms with Crippen LogP contribution in [0.4, 0.5) is 0 Å². The number of nitrogens with zero attached hydrogens (tertiary/aromatic N) is 2. The second-order valence-corrected chi connectivity index (χ2v) is 4.86. The minimum Gasteiger partial charge on any atom is -0.508 e. The Balaban J connectivity index is 2.39. The van der Waals surface area contributed by atoms with E-state index in [0.29, 0.717) is 27.4 Å². The molecule has 3 aromatic rings. The number of hydrogen-bond donors (Lipinski definition) is 1. The first-order chi connectivity index (χ1) is 9.58. The molecule has 0 aliphatic carbocycles. The average molecular weight is 287 g/mol. The zero-order chi connectivity index (χ0) is 14.3. The highest BCUT2D eigenvalue weighted by Gasteiger charge is 2.12. The predicted octanol–water partition coefficient (Wildman–Crippen LogP) is 3.05. The van der Waals surface area contributed by atoms with Crippen LogP contribution < -0.4 is 5.56 Å². The van der Waals surface area contributed by atoms with Crippen LogP contribution in [0.2, 0.25) is 5.02 Å². The van der Waals surface area contributed by atoms with Crippen molar-refractivity contribution in [3.63, 3.8) is 0 Å². The molecule has 2 aromatic carbocycles. The van der Waals surface area contributed by atoms with E-state index >= 15 is 0 Å². The third-order valence-corrected chi connectivity index (χ3v) is 3.44. The number of phenolic OH excluding ortho intramolecular Hbond substituents is 1. The van der Waals surface area contributed by atoms with Gasteiger partial charge in [-0.15, -0.1) is 0 Å². The Kier molecular flexibility index (Phi) is 2.95. The quantitative estimate of drug-likeness (QED) is 0.748. The molecule has 5 heteroatoms. The molecule has 4 nitrogen and oxygen atoms in total. The summed E-state index contributed by atoms with van der Waals surface area (Å²) >= 11 is 6.11. The van der Waals surface area contributed by atoms with Crippen LogP contribution in [0.3, 0.4) is 0 Å². The molecule has 0 aliphatic heterocycles. The molecule has 0 saturated heterocycles. The molecule has 1 heterocycles. The summed E-state index contributed by atoms with van der Waals surface area (Å²) in [4.78, 5) is 17.0. The van der Waals surface area contributed by atoms with Crippen molar-refractivity contribution in [3.05, 3.63) is 63.7 Å². The number of fused-ring (bicyclic) bond motifs is 1. The van der Waals surface area contributed by atoms with Gasteiger partial charge in [0.15, 0.2) is 0 Å². The maximum absolute atomic E-state index is 12.6. The molecular weight excluding hydrogens is 276 g/mol. The Morgan fingerprint density at radius 3 is 2.55 bits per heavy atom. The largest absolute Gasteiger partial charge is 0.508 e. The Bertz CT molecular complexity index is 854. The number of aromatic nitrogens is 2. The zero-order valence-electron chi connectivity index (χ0n) is 10.7. The van der Waals surface area contributed by atoms with Crippen molar-refractivity contribution in [2.75, 3.05) is 0 Å². The van der Waals surface area contributed by atoms with Crippen molar-refractivity contribution in [3.8, 4) is 11.4 Å². The van der Waals surface area contributed by atoms with E-state index < -0.39 is 0 Å². The highest BCUT2D eigenvalue weighted by atomic mass is 35.5. The molecule has 0 aliphatic rings. The van der Waals surface area contributed by atoms with Crippen LogP contribution in [-0.2, 0) is 0 Å². The third kappa shape index (κ3) is 1.94. The summed E-state index contributed by atoms with van der Waals surface area (Å²) < 4.78 is 1.48. The number of hydrogen-bond acceptors (Lipinski definition) is 3. The van der Waals surface area contributed by atoms with E-state index in [-0.39, 0.29) is 11.3 Å². The van der Waals surface area contributed by atoms with E-state index in [0.717, 1.165) is 0 Å². The molecule has 0 bridgehead atoms. The fourth-order valence-electron chi connectivity index (χ4n) is 2.21. The predicted molar refractivity (Wildman–Crippen MR) is 78.8 cm³/mol. The van der Waals surface area contributed by atoms with Gasteiger partial charge in [0.05, 0.1) is 21.6 Å². The first kappa shape index (κ1) is 12.7. The van der Waals surface area contributed by atoms with Crippen LogP contribution >= 0.6 is 11.6 Å². The van der Waals surface area contributed by atoms with E-state index in [4.69, 9.17) is 11.6 Å². The molecule has 0 saturated carbocycles. The monoisotopic (exact) mass is 286 g/mol. The lowest BCUT2D eigenvalue weighted by molar-refractivity contribution is 0.475. The molecular formula is C15H11ClN2O2. The molecule has 3 rings (SSSR count). The van der Waals surface area contributed by atoms with Gasteiger partial charge in [-0.05, 0) is 43.3 Å². The van der Waals surface area contributed by atoms with Crippen molar-refractivity contribution in [1.82, 2.24) is 9.55 Å². The number of phenols is 1. The number of aromatic hydroxyl groups is 1. The summed E-state index contributed by atoms with van der Waals surface area (Å²) in [5.41, 5.74) is 0.999. The first-order valence-corrected chi connectivity index (χ1v) is 6.43. The maximum atomic E-state index is 12.6. The van der Waals surface area contributed by atoms with E-state index in [1.165, 1.54) is 16.7 Å². The molecule has 1 aromatic heterocycles. The van der Waals surface area contributed by atoms with Crippen molar-refractivity contribution in [2.24, 2.45) is 0 Å². The fraction of sp³-hybridized carbons (Fsp3) is 0.0667. The number of aryl methyl sites for hydroxylation is 1. The van der Waals surface area contributed by atoms with Gasteiger partial charge in [0.25, 0.3) is 5.56 Å². The van der Waals surface area contributed by atoms with Gasteiger partial charge >= 0.3 is 0 Å². The Morgan fingerprint density at radius 1 is 1.15 bits per heavy atom. The number of rotatable bonds is 1. The van der Waals surface area contributed by atoms with Gasteiger partial charge in [0.1, 0.15) is 11.6 Å². The normalized spacial score (nSPS) is 10.9. The smallest absolute Gasteiger partial charge is 0.267 e. The lowest BCUT2D eigenvalue weighted by Gasteiger charge is -2.11. The summed E-state index contributed by atoms with van der Waals surface area (Å²) in [6.07, 6.45) is 0. The van der Waals surface area contributed by atoms with Crippen molar-refractivity contribution >= 4 is 22.5 Å². The molecule has 100 valence electrons. The summed E-state index contributed by atoms with van der Waals surface area (Å²) in [6.45, 7) is 1.76. The molecule has 20 heavy (non-hydrogen) atoms. The number of benzene rings is 2. The minimum absolute atomic E-state index is 0.145. The highest BCUT2D eigenvalue weighted by molar-refractivity contribution is 6.35. The van der Waals surface area contributed by atoms with E-state index in [1.807, 2.05) is 0 Å². The SMILES string of the molecule is Cc1nc2cccc(Cl)c2c(=O)n1-c1ccc(O)cc1. The van der Waals surface area contributed by atoms with Crippen LogP contribution in [0.1, 0.15) is 5.82 Å². The number of halogens is 1. The summed E-state index contributed by atoms with van der Waals surface area (Å²) in [7, 11) is 0. The molecule has 0 atom stereocenters. The summed E-state index contributed by atoms with van der Waals surface area (Å²) in [5.74, 6) is 0.710. The van der Waals surface area contributed by atoms with Crippen LogP contribution in [0.25, 0.3) is 16.6 Å².